The Labute approximate surface area is 132 Å². The maximum Gasteiger partial charge on any atom is 0.282 e. The molecule has 0 N–H and O–H groups in total. The number of hydrogen-bond acceptors (Lipinski definition) is 4. The van der Waals surface area contributed by atoms with Gasteiger partial charge >= 0.3 is 0 Å². The van der Waals surface area contributed by atoms with E-state index in [-0.39, 0.29) is 6.04 Å². The summed E-state index contributed by atoms with van der Waals surface area (Å²) in [6.45, 7) is 4.88. The number of ether oxygens (including phenoxy) is 1. The fourth-order valence-electron chi connectivity index (χ4n) is 3.33. The van der Waals surface area contributed by atoms with Crippen molar-refractivity contribution in [1.82, 2.24) is 8.61 Å². The van der Waals surface area contributed by atoms with Crippen molar-refractivity contribution in [3.05, 3.63) is 24.2 Å². The Morgan fingerprint density at radius 1 is 1.41 bits per heavy atom. The van der Waals surface area contributed by atoms with Gasteiger partial charge in [0.05, 0.1) is 18.9 Å². The van der Waals surface area contributed by atoms with Crippen molar-refractivity contribution >= 4 is 10.2 Å². The highest BCUT2D eigenvalue weighted by molar-refractivity contribution is 7.86. The zero-order chi connectivity index (χ0) is 15.6. The van der Waals surface area contributed by atoms with Gasteiger partial charge < -0.3 is 9.15 Å². The predicted octanol–water partition coefficient (Wildman–Crippen LogP) is 2.02. The Balaban J connectivity index is 1.77. The minimum absolute atomic E-state index is 0.172. The summed E-state index contributed by atoms with van der Waals surface area (Å²) in [4.78, 5) is 0. The van der Waals surface area contributed by atoms with Crippen molar-refractivity contribution in [3.63, 3.8) is 0 Å². The fraction of sp³-hybridized carbons (Fsp3) is 0.733. The Hall–Kier alpha value is -0.890. The highest BCUT2D eigenvalue weighted by atomic mass is 32.2. The lowest BCUT2D eigenvalue weighted by atomic mass is 10.1. The molecule has 0 unspecified atom stereocenters. The van der Waals surface area contributed by atoms with E-state index in [1.165, 1.54) is 0 Å². The molecule has 0 saturated carbocycles. The zero-order valence-electron chi connectivity index (χ0n) is 13.0. The number of furan rings is 1. The van der Waals surface area contributed by atoms with Gasteiger partial charge in [0.2, 0.25) is 0 Å². The van der Waals surface area contributed by atoms with Gasteiger partial charge in [-0.25, -0.2) is 0 Å². The maximum atomic E-state index is 13.0. The molecular formula is C15H24N2O4S. The lowest BCUT2D eigenvalue weighted by Gasteiger charge is -2.30. The third-order valence-corrected chi connectivity index (χ3v) is 6.63. The molecule has 3 heterocycles. The monoisotopic (exact) mass is 328 g/mol. The molecule has 7 heteroatoms. The van der Waals surface area contributed by atoms with Crippen molar-refractivity contribution in [2.75, 3.05) is 32.8 Å². The van der Waals surface area contributed by atoms with Gasteiger partial charge in [-0.15, -0.1) is 0 Å². The second-order valence-corrected chi connectivity index (χ2v) is 7.85. The SMILES string of the molecule is CCN(C[C@@H]1CCOC1)S(=O)(=O)N1CCC[C@@H]1c1ccco1. The molecule has 0 amide bonds. The van der Waals surface area contributed by atoms with Gasteiger partial charge in [0.1, 0.15) is 5.76 Å². The van der Waals surface area contributed by atoms with E-state index in [9.17, 15) is 8.42 Å². The topological polar surface area (TPSA) is 63.0 Å². The molecule has 2 fully saturated rings. The Morgan fingerprint density at radius 3 is 2.91 bits per heavy atom. The van der Waals surface area contributed by atoms with Crippen LogP contribution in [0, 0.1) is 5.92 Å². The molecule has 3 rings (SSSR count). The molecule has 1 aromatic heterocycles. The average molecular weight is 328 g/mol. The molecule has 2 aliphatic rings. The fourth-order valence-corrected chi connectivity index (χ4v) is 5.24. The van der Waals surface area contributed by atoms with Crippen molar-refractivity contribution in [2.24, 2.45) is 5.92 Å². The van der Waals surface area contributed by atoms with Crippen molar-refractivity contribution in [2.45, 2.75) is 32.2 Å². The maximum absolute atomic E-state index is 13.0. The lowest BCUT2D eigenvalue weighted by Crippen LogP contribution is -2.45. The van der Waals surface area contributed by atoms with Crippen LogP contribution in [0.25, 0.3) is 0 Å². The van der Waals surface area contributed by atoms with Gasteiger partial charge in [-0.3, -0.25) is 0 Å². The summed E-state index contributed by atoms with van der Waals surface area (Å²) in [7, 11) is -3.46. The molecule has 2 saturated heterocycles. The van der Waals surface area contributed by atoms with Crippen LogP contribution in [0.15, 0.2) is 22.8 Å². The number of hydrogen-bond donors (Lipinski definition) is 0. The molecule has 2 atom stereocenters. The normalized spacial score (nSPS) is 27.0. The largest absolute Gasteiger partial charge is 0.468 e. The van der Waals surface area contributed by atoms with Crippen LogP contribution in [-0.2, 0) is 14.9 Å². The van der Waals surface area contributed by atoms with E-state index >= 15 is 0 Å². The predicted molar refractivity (Wildman–Crippen MR) is 82.5 cm³/mol. The summed E-state index contributed by atoms with van der Waals surface area (Å²) in [6, 6.07) is 3.50. The van der Waals surface area contributed by atoms with Gasteiger partial charge in [-0.2, -0.15) is 17.0 Å². The van der Waals surface area contributed by atoms with Crippen LogP contribution in [-0.4, -0.2) is 49.9 Å². The molecule has 0 spiro atoms. The molecule has 0 aromatic carbocycles. The van der Waals surface area contributed by atoms with Crippen LogP contribution in [0.2, 0.25) is 0 Å². The van der Waals surface area contributed by atoms with Crippen molar-refractivity contribution in [3.8, 4) is 0 Å². The molecule has 6 nitrogen and oxygen atoms in total. The van der Waals surface area contributed by atoms with Crippen molar-refractivity contribution in [1.29, 1.82) is 0 Å². The number of rotatable bonds is 6. The summed E-state index contributed by atoms with van der Waals surface area (Å²) >= 11 is 0. The highest BCUT2D eigenvalue weighted by Crippen LogP contribution is 2.35. The van der Waals surface area contributed by atoms with Crippen LogP contribution in [0.1, 0.15) is 38.0 Å². The first kappa shape index (κ1) is 16.0. The summed E-state index contributed by atoms with van der Waals surface area (Å²) in [6.07, 6.45) is 4.23. The smallest absolute Gasteiger partial charge is 0.282 e. The molecule has 0 radical (unpaired) electrons. The van der Waals surface area contributed by atoms with E-state index < -0.39 is 10.2 Å². The minimum atomic E-state index is -3.46. The van der Waals surface area contributed by atoms with Gasteiger partial charge in [0.15, 0.2) is 0 Å². The van der Waals surface area contributed by atoms with Crippen LogP contribution in [0.5, 0.6) is 0 Å². The van der Waals surface area contributed by atoms with Crippen LogP contribution in [0.3, 0.4) is 0 Å². The second-order valence-electron chi connectivity index (χ2n) is 5.97. The molecule has 0 aliphatic carbocycles. The van der Waals surface area contributed by atoms with E-state index in [1.807, 2.05) is 19.1 Å². The van der Waals surface area contributed by atoms with Gasteiger partial charge in [0.25, 0.3) is 10.2 Å². The van der Waals surface area contributed by atoms with Gasteiger partial charge in [-0.05, 0) is 37.3 Å². The Kier molecular flexibility index (Phi) is 4.87. The highest BCUT2D eigenvalue weighted by Gasteiger charge is 2.40. The Morgan fingerprint density at radius 2 is 2.27 bits per heavy atom. The van der Waals surface area contributed by atoms with Crippen molar-refractivity contribution < 1.29 is 17.6 Å². The molecule has 124 valence electrons. The van der Waals surface area contributed by atoms with Crippen LogP contribution >= 0.6 is 0 Å². The number of nitrogens with zero attached hydrogens (tertiary/aromatic N) is 2. The minimum Gasteiger partial charge on any atom is -0.468 e. The molecule has 2 aliphatic heterocycles. The van der Waals surface area contributed by atoms with Crippen LogP contribution in [0.4, 0.5) is 0 Å². The summed E-state index contributed by atoms with van der Waals surface area (Å²) in [5.74, 6) is 1.04. The van der Waals surface area contributed by atoms with Gasteiger partial charge in [-0.1, -0.05) is 6.92 Å². The van der Waals surface area contributed by atoms with E-state index in [1.54, 1.807) is 14.9 Å². The van der Waals surface area contributed by atoms with Gasteiger partial charge in [0, 0.05) is 26.2 Å². The molecule has 22 heavy (non-hydrogen) atoms. The average Bonchev–Trinajstić information content (AvgIpc) is 3.25. The van der Waals surface area contributed by atoms with E-state index in [2.05, 4.69) is 0 Å². The summed E-state index contributed by atoms with van der Waals surface area (Å²) < 4.78 is 40.1. The summed E-state index contributed by atoms with van der Waals surface area (Å²) in [5.41, 5.74) is 0. The quantitative estimate of drug-likeness (QED) is 0.801. The lowest BCUT2D eigenvalue weighted by molar-refractivity contribution is 0.179. The molecule has 1 aromatic rings. The Bertz CT molecular complexity index is 566. The molecular weight excluding hydrogens is 304 g/mol. The first-order chi connectivity index (χ1) is 10.6. The van der Waals surface area contributed by atoms with E-state index in [0.29, 0.717) is 32.2 Å². The standard InChI is InChI=1S/C15H24N2O4S/c1-2-16(11-13-7-10-20-12-13)22(18,19)17-8-3-5-14(17)15-6-4-9-21-15/h4,6,9,13-14H,2-3,5,7-8,10-12H2,1H3/t13-,14+/m0/s1. The van der Waals surface area contributed by atoms with Crippen LogP contribution < -0.4 is 0 Å². The third kappa shape index (κ3) is 3.08. The summed E-state index contributed by atoms with van der Waals surface area (Å²) in [5, 5.41) is 0. The second kappa shape index (κ2) is 6.70. The van der Waals surface area contributed by atoms with E-state index in [0.717, 1.165) is 31.6 Å². The molecule has 0 bridgehead atoms. The third-order valence-electron chi connectivity index (χ3n) is 4.54. The first-order valence-electron chi connectivity index (χ1n) is 8.01. The zero-order valence-corrected chi connectivity index (χ0v) is 13.8. The van der Waals surface area contributed by atoms with E-state index in [4.69, 9.17) is 9.15 Å². The first-order valence-corrected chi connectivity index (χ1v) is 9.40.